The Bertz CT molecular complexity index is 440. The van der Waals surface area contributed by atoms with Gasteiger partial charge in [0.25, 0.3) is 0 Å². The third-order valence-electron chi connectivity index (χ3n) is 2.25. The Morgan fingerprint density at radius 1 is 1.06 bits per heavy atom. The molecule has 0 unspecified atom stereocenters. The van der Waals surface area contributed by atoms with Gasteiger partial charge < -0.3 is 10.2 Å². The lowest BCUT2D eigenvalue weighted by Gasteiger charge is -2.03. The molecule has 4 nitrogen and oxygen atoms in total. The van der Waals surface area contributed by atoms with Gasteiger partial charge in [0.15, 0.2) is 5.82 Å². The summed E-state index contributed by atoms with van der Waals surface area (Å²) in [6.45, 7) is -0.167. The first-order valence-electron chi connectivity index (χ1n) is 4.96. The van der Waals surface area contributed by atoms with Crippen LogP contribution >= 0.6 is 0 Å². The zero-order valence-electron chi connectivity index (χ0n) is 8.67. The summed E-state index contributed by atoms with van der Waals surface area (Å²) in [4.78, 5) is 8.11. The number of aliphatic hydroxyl groups is 2. The van der Waals surface area contributed by atoms with Crippen LogP contribution in [0.4, 0.5) is 0 Å². The van der Waals surface area contributed by atoms with Crippen LogP contribution in [-0.4, -0.2) is 20.2 Å². The van der Waals surface area contributed by atoms with Crippen LogP contribution in [0.15, 0.2) is 36.5 Å². The van der Waals surface area contributed by atoms with Crippen LogP contribution in [-0.2, 0) is 13.2 Å². The Labute approximate surface area is 93.2 Å². The zero-order valence-corrected chi connectivity index (χ0v) is 8.67. The predicted molar refractivity (Wildman–Crippen MR) is 59.3 cm³/mol. The first-order valence-corrected chi connectivity index (χ1v) is 4.96. The molecule has 0 amide bonds. The van der Waals surface area contributed by atoms with Crippen molar-refractivity contribution in [3.8, 4) is 11.3 Å². The quantitative estimate of drug-likeness (QED) is 0.807. The van der Waals surface area contributed by atoms with Crippen molar-refractivity contribution in [3.05, 3.63) is 47.9 Å². The van der Waals surface area contributed by atoms with Crippen LogP contribution < -0.4 is 0 Å². The molecule has 4 heteroatoms. The lowest BCUT2D eigenvalue weighted by molar-refractivity contribution is 0.271. The monoisotopic (exact) mass is 216 g/mol. The van der Waals surface area contributed by atoms with Gasteiger partial charge in [0.1, 0.15) is 6.61 Å². The first-order chi connectivity index (χ1) is 7.83. The van der Waals surface area contributed by atoms with Crippen molar-refractivity contribution in [2.24, 2.45) is 0 Å². The summed E-state index contributed by atoms with van der Waals surface area (Å²) in [7, 11) is 0. The minimum Gasteiger partial charge on any atom is -0.392 e. The molecule has 0 radical (unpaired) electrons. The number of hydrogen-bond donors (Lipinski definition) is 2. The maximum absolute atomic E-state index is 9.04. The molecule has 1 aromatic heterocycles. The summed E-state index contributed by atoms with van der Waals surface area (Å²) in [5.74, 6) is 0.395. The molecule has 0 spiro atoms. The van der Waals surface area contributed by atoms with Crippen LogP contribution in [0.3, 0.4) is 0 Å². The third kappa shape index (κ3) is 2.24. The normalized spacial score (nSPS) is 10.4. The number of nitrogens with zero attached hydrogens (tertiary/aromatic N) is 2. The molecule has 1 heterocycles. The Morgan fingerprint density at radius 3 is 2.69 bits per heavy atom. The maximum Gasteiger partial charge on any atom is 0.154 e. The zero-order chi connectivity index (χ0) is 11.4. The standard InChI is InChI=1S/C12H12N2O2/c15-7-9-2-1-3-10(6-9)11-4-5-13-12(8-16)14-11/h1-6,15-16H,7-8H2. The number of aromatic nitrogens is 2. The number of hydrogen-bond acceptors (Lipinski definition) is 4. The number of benzene rings is 1. The second-order valence-electron chi connectivity index (χ2n) is 3.37. The Morgan fingerprint density at radius 2 is 1.94 bits per heavy atom. The SMILES string of the molecule is OCc1cccc(-c2ccnc(CO)n2)c1. The second kappa shape index (κ2) is 4.83. The molecule has 0 aliphatic heterocycles. The number of aliphatic hydroxyl groups excluding tert-OH is 2. The lowest BCUT2D eigenvalue weighted by atomic mass is 10.1. The second-order valence-corrected chi connectivity index (χ2v) is 3.37. The topological polar surface area (TPSA) is 66.2 Å². The largest absolute Gasteiger partial charge is 0.392 e. The molecule has 1 aromatic carbocycles. The van der Waals surface area contributed by atoms with Crippen LogP contribution in [0.25, 0.3) is 11.3 Å². The van der Waals surface area contributed by atoms with Gasteiger partial charge in [-0.15, -0.1) is 0 Å². The van der Waals surface area contributed by atoms with Gasteiger partial charge in [-0.2, -0.15) is 0 Å². The highest BCUT2D eigenvalue weighted by Crippen LogP contribution is 2.17. The Hall–Kier alpha value is -1.78. The van der Waals surface area contributed by atoms with E-state index in [0.29, 0.717) is 5.82 Å². The molecule has 2 N–H and O–H groups in total. The molecule has 16 heavy (non-hydrogen) atoms. The summed E-state index contributed by atoms with van der Waals surface area (Å²) in [5, 5.41) is 18.0. The molecule has 0 atom stereocenters. The van der Waals surface area contributed by atoms with E-state index in [4.69, 9.17) is 10.2 Å². The molecule has 82 valence electrons. The molecule has 0 saturated heterocycles. The Kier molecular flexibility index (Phi) is 3.24. The van der Waals surface area contributed by atoms with Crippen LogP contribution in [0.1, 0.15) is 11.4 Å². The van der Waals surface area contributed by atoms with Crippen LogP contribution in [0.2, 0.25) is 0 Å². The smallest absolute Gasteiger partial charge is 0.154 e. The predicted octanol–water partition coefficient (Wildman–Crippen LogP) is 1.13. The fourth-order valence-electron chi connectivity index (χ4n) is 1.47. The molecular formula is C12H12N2O2. The Balaban J connectivity index is 2.41. The lowest BCUT2D eigenvalue weighted by Crippen LogP contribution is -1.95. The number of rotatable bonds is 3. The van der Waals surface area contributed by atoms with Crippen LogP contribution in [0.5, 0.6) is 0 Å². The molecule has 0 aliphatic carbocycles. The molecular weight excluding hydrogens is 204 g/mol. The highest BCUT2D eigenvalue weighted by atomic mass is 16.3. The van der Waals surface area contributed by atoms with Crippen molar-refractivity contribution in [3.63, 3.8) is 0 Å². The van der Waals surface area contributed by atoms with Crippen molar-refractivity contribution in [1.29, 1.82) is 0 Å². The summed E-state index contributed by atoms with van der Waals surface area (Å²) in [6.07, 6.45) is 1.61. The van der Waals surface area contributed by atoms with Crippen LogP contribution in [0, 0.1) is 0 Å². The van der Waals surface area contributed by atoms with E-state index in [1.807, 2.05) is 24.3 Å². The van der Waals surface area contributed by atoms with Crippen molar-refractivity contribution < 1.29 is 10.2 Å². The maximum atomic E-state index is 9.04. The molecule has 0 aliphatic rings. The average molecular weight is 216 g/mol. The third-order valence-corrected chi connectivity index (χ3v) is 2.25. The van der Waals surface area contributed by atoms with Crippen molar-refractivity contribution >= 4 is 0 Å². The minimum absolute atomic E-state index is 0.00573. The highest BCUT2D eigenvalue weighted by molar-refractivity contribution is 5.59. The van der Waals surface area contributed by atoms with Gasteiger partial charge in [-0.3, -0.25) is 0 Å². The van der Waals surface area contributed by atoms with E-state index in [1.165, 1.54) is 0 Å². The fourth-order valence-corrected chi connectivity index (χ4v) is 1.47. The summed E-state index contributed by atoms with van der Waals surface area (Å²) < 4.78 is 0. The van der Waals surface area contributed by atoms with Gasteiger partial charge >= 0.3 is 0 Å². The fraction of sp³-hybridized carbons (Fsp3) is 0.167. The summed E-state index contributed by atoms with van der Waals surface area (Å²) in [6, 6.07) is 9.25. The van der Waals surface area contributed by atoms with Gasteiger partial charge in [0, 0.05) is 11.8 Å². The highest BCUT2D eigenvalue weighted by Gasteiger charge is 2.02. The van der Waals surface area contributed by atoms with Crippen molar-refractivity contribution in [2.75, 3.05) is 0 Å². The van der Waals surface area contributed by atoms with Crippen molar-refractivity contribution in [2.45, 2.75) is 13.2 Å². The summed E-state index contributed by atoms with van der Waals surface area (Å²) >= 11 is 0. The van der Waals surface area contributed by atoms with E-state index < -0.39 is 0 Å². The molecule has 2 aromatic rings. The molecule has 0 bridgehead atoms. The van der Waals surface area contributed by atoms with E-state index >= 15 is 0 Å². The molecule has 0 fully saturated rings. The molecule has 2 rings (SSSR count). The van der Waals surface area contributed by atoms with E-state index in [-0.39, 0.29) is 13.2 Å². The van der Waals surface area contributed by atoms with E-state index in [1.54, 1.807) is 12.3 Å². The van der Waals surface area contributed by atoms with Gasteiger partial charge in [0.2, 0.25) is 0 Å². The summed E-state index contributed by atoms with van der Waals surface area (Å²) in [5.41, 5.74) is 2.49. The van der Waals surface area contributed by atoms with E-state index in [0.717, 1.165) is 16.8 Å². The van der Waals surface area contributed by atoms with E-state index in [2.05, 4.69) is 9.97 Å². The van der Waals surface area contributed by atoms with Gasteiger partial charge in [-0.05, 0) is 17.7 Å². The minimum atomic E-state index is -0.173. The van der Waals surface area contributed by atoms with E-state index in [9.17, 15) is 0 Å². The van der Waals surface area contributed by atoms with Gasteiger partial charge in [0.05, 0.1) is 12.3 Å². The molecule has 0 saturated carbocycles. The van der Waals surface area contributed by atoms with Gasteiger partial charge in [-0.1, -0.05) is 18.2 Å². The van der Waals surface area contributed by atoms with Gasteiger partial charge in [-0.25, -0.2) is 9.97 Å². The average Bonchev–Trinajstić information content (AvgIpc) is 2.39. The van der Waals surface area contributed by atoms with Crippen molar-refractivity contribution in [1.82, 2.24) is 9.97 Å². The first kappa shape index (κ1) is 10.7.